The minimum absolute atomic E-state index is 0.0492. The van der Waals surface area contributed by atoms with Gasteiger partial charge in [-0.05, 0) is 223 Å². The number of anilines is 4. The lowest BCUT2D eigenvalue weighted by Gasteiger charge is -2.06. The number of aryl methyl sites for hydroxylation is 11. The van der Waals surface area contributed by atoms with Gasteiger partial charge in [-0.2, -0.15) is 0 Å². The second-order valence-corrected chi connectivity index (χ2v) is 22.0. The number of hydrogen-bond acceptors (Lipinski definition) is 17. The Bertz CT molecular complexity index is 3520. The van der Waals surface area contributed by atoms with Crippen molar-refractivity contribution in [1.29, 1.82) is 0 Å². The van der Waals surface area contributed by atoms with Gasteiger partial charge in [-0.15, -0.1) is 0 Å². The number of nitrogens with one attached hydrogen (secondary N) is 2. The molecule has 89 heavy (non-hydrogen) atoms. The number of aromatic nitrogens is 1. The predicted molar refractivity (Wildman–Crippen MR) is 352 cm³/mol. The van der Waals surface area contributed by atoms with E-state index in [1.807, 2.05) is 91.8 Å². The van der Waals surface area contributed by atoms with Crippen LogP contribution < -0.4 is 21.5 Å². The van der Waals surface area contributed by atoms with Crippen LogP contribution in [0.5, 0.6) is 51.7 Å². The molecule has 0 atom stereocenters. The molecule has 0 aliphatic carbocycles. The van der Waals surface area contributed by atoms with Crippen LogP contribution in [0.2, 0.25) is 0 Å². The quantitative estimate of drug-likeness (QED) is 0.0418. The number of pyridine rings is 1. The number of nitrogen functional groups attached to an aromatic ring is 2. The Morgan fingerprint density at radius 1 is 0.438 bits per heavy atom. The van der Waals surface area contributed by atoms with Crippen LogP contribution in [0.3, 0.4) is 0 Å². The van der Waals surface area contributed by atoms with Crippen molar-refractivity contribution in [3.05, 3.63) is 236 Å². The smallest absolute Gasteiger partial charge is 0.229 e. The fraction of sp³-hybridized carbons (Fsp3) is 0.206. The molecule has 0 aliphatic rings. The first-order valence-electron chi connectivity index (χ1n) is 27.1. The molecule has 0 spiro atoms. The minimum Gasteiger partial charge on any atom is -0.508 e. The maximum absolute atomic E-state index is 12.5. The van der Waals surface area contributed by atoms with Gasteiger partial charge >= 0.3 is 0 Å². The highest BCUT2D eigenvalue weighted by atomic mass is 32.2. The van der Waals surface area contributed by atoms with Crippen molar-refractivity contribution < 1.29 is 73.8 Å². The predicted octanol–water partition coefficient (Wildman–Crippen LogP) is 12.5. The summed E-state index contributed by atoms with van der Waals surface area (Å²) in [5.74, 6) is 0.546. The van der Waals surface area contributed by atoms with E-state index in [-0.39, 0.29) is 70.7 Å². The molecule has 0 radical (unpaired) electrons. The summed E-state index contributed by atoms with van der Waals surface area (Å²) in [6.45, 7) is 20.5. The number of phenolic OH excluding ortho intramolecular Hbond substituents is 8. The molecule has 478 valence electrons. The van der Waals surface area contributed by atoms with Gasteiger partial charge in [0.05, 0.1) is 36.5 Å². The normalized spacial score (nSPS) is 9.79. The van der Waals surface area contributed by atoms with E-state index in [0.29, 0.717) is 34.9 Å². The number of aliphatic hydroxyl groups excluding tert-OH is 2. The van der Waals surface area contributed by atoms with E-state index in [1.165, 1.54) is 42.0 Å². The number of aliphatic hydroxyl groups is 2. The Hall–Kier alpha value is -10.2. The van der Waals surface area contributed by atoms with Crippen LogP contribution in [0, 0.1) is 82.0 Å². The van der Waals surface area contributed by atoms with Crippen LogP contribution in [0.4, 0.5) is 27.1 Å². The number of nitrogens with two attached hydrogens (primary N) is 2. The third-order valence-corrected chi connectivity index (χ3v) is 12.0. The average Bonchev–Trinajstić information content (AvgIpc) is 3.52. The van der Waals surface area contributed by atoms with Crippen LogP contribution in [-0.2, 0) is 28.0 Å². The number of nitrogens with zero attached hydrogens (tertiary/aromatic N) is 1. The van der Waals surface area contributed by atoms with Crippen molar-refractivity contribution in [3.63, 3.8) is 0 Å². The summed E-state index contributed by atoms with van der Waals surface area (Å²) in [5, 5.41) is 100. The maximum Gasteiger partial charge on any atom is 0.229 e. The number of sulfonamides is 1. The molecule has 0 unspecified atom stereocenters. The fourth-order valence-electron chi connectivity index (χ4n) is 7.12. The lowest BCUT2D eigenvalue weighted by molar-refractivity contribution is -0.105. The number of rotatable bonds is 6. The molecule has 0 aliphatic heterocycles. The van der Waals surface area contributed by atoms with Gasteiger partial charge in [0.15, 0.2) is 11.5 Å². The highest BCUT2D eigenvalue weighted by Gasteiger charge is 2.07. The number of amides is 1. The maximum atomic E-state index is 12.5. The van der Waals surface area contributed by atoms with Gasteiger partial charge in [-0.25, -0.2) is 12.8 Å². The van der Waals surface area contributed by atoms with E-state index in [1.54, 1.807) is 106 Å². The summed E-state index contributed by atoms with van der Waals surface area (Å²) < 4.78 is 36.4. The average molecular weight is 1250 g/mol. The Kier molecular flexibility index (Phi) is 33.4. The third-order valence-electron chi connectivity index (χ3n) is 11.4. The van der Waals surface area contributed by atoms with Crippen LogP contribution in [0.15, 0.2) is 158 Å². The number of hydrogen-bond donors (Lipinski definition) is 15. The highest BCUT2D eigenvalue weighted by Crippen LogP contribution is 2.27. The zero-order chi connectivity index (χ0) is 67.7. The standard InChI is InChI=1S/C8H9F.C8H11NO3S.C8H9NO2.C8H11NO.C8H10O.C7H9NO2.C7H9NO.2C7H8O2/c1-6-3-4-8(9)7(2)5-6;1-6-3-4-8(10)7(5-6)9-13(2,11)12;1-6-2-3-8(11)7(4-6)9-5-10;1-6-2-7(5-10)4-8(9)3-6;1-6-3-4-8(9)7(2)5-6;1-5-2-3-7(10)6(4-9)8-5;1-5-2-3-7(9)6(8)4-5;1-5-2-6(8)4-7(9)3-5;1-5-2-3-6(8)7(9)4-5/h3-5H,1-2H3;3-5,9-10H,1-2H3;2-5,11H,1H3,(H,9,10);2-4,10H,5,9H2,1H3;3-5,9H,1-2H3;2-3,9-10H,4H2,1H3;2-4,9H,8H2,1H3;2*2-4,8-9H,1H3. The molecule has 9 aromatic rings. The van der Waals surface area contributed by atoms with Crippen molar-refractivity contribution in [1.82, 2.24) is 4.98 Å². The molecule has 9 rings (SSSR count). The second kappa shape index (κ2) is 38.7. The van der Waals surface area contributed by atoms with Gasteiger partial charge < -0.3 is 73.0 Å². The molecule has 21 heteroatoms. The number of carbonyl (C=O) groups excluding carboxylic acids is 1. The van der Waals surface area contributed by atoms with Gasteiger partial charge in [0.25, 0.3) is 0 Å². The van der Waals surface area contributed by atoms with E-state index < -0.39 is 10.0 Å². The molecular formula is C68H84FN5O14S. The lowest BCUT2D eigenvalue weighted by atomic mass is 10.1. The first-order valence-corrected chi connectivity index (χ1v) is 29.0. The van der Waals surface area contributed by atoms with Gasteiger partial charge in [-0.1, -0.05) is 65.7 Å². The molecule has 0 saturated heterocycles. The molecule has 0 saturated carbocycles. The minimum atomic E-state index is -3.33. The molecule has 8 aromatic carbocycles. The van der Waals surface area contributed by atoms with Crippen LogP contribution in [-0.4, -0.2) is 82.2 Å². The van der Waals surface area contributed by atoms with Gasteiger partial charge in [-0.3, -0.25) is 14.5 Å². The summed E-state index contributed by atoms with van der Waals surface area (Å²) in [7, 11) is -3.33. The molecule has 1 amide bonds. The Labute approximate surface area is 520 Å². The SMILES string of the molecule is Cc1cc(N)cc(CO)c1.Cc1cc(O)cc(O)c1.Cc1ccc(F)c(C)c1.Cc1ccc(O)c(C)c1.Cc1ccc(O)c(CO)n1.Cc1ccc(O)c(N)c1.Cc1ccc(O)c(NC=O)c1.Cc1ccc(O)c(NS(C)(=O)=O)c1.Cc1ccc(O)c(O)c1. The number of halogens is 1. The summed E-state index contributed by atoms with van der Waals surface area (Å²) in [6, 6.07) is 43.4. The molecule has 19 nitrogen and oxygen atoms in total. The van der Waals surface area contributed by atoms with Crippen molar-refractivity contribution >= 4 is 39.2 Å². The van der Waals surface area contributed by atoms with Crippen molar-refractivity contribution in [2.45, 2.75) is 89.4 Å². The van der Waals surface area contributed by atoms with Crippen LogP contribution >= 0.6 is 0 Å². The third kappa shape index (κ3) is 32.8. The Morgan fingerprint density at radius 3 is 1.28 bits per heavy atom. The second-order valence-electron chi connectivity index (χ2n) is 20.3. The van der Waals surface area contributed by atoms with Gasteiger partial charge in [0.1, 0.15) is 51.8 Å². The Morgan fingerprint density at radius 2 is 0.876 bits per heavy atom. The zero-order valence-corrected chi connectivity index (χ0v) is 52.9. The molecule has 0 bridgehead atoms. The summed E-state index contributed by atoms with van der Waals surface area (Å²) in [6.07, 6.45) is 1.57. The number of benzene rings is 8. The van der Waals surface area contributed by atoms with E-state index in [9.17, 15) is 22.7 Å². The summed E-state index contributed by atoms with van der Waals surface area (Å²) >= 11 is 0. The molecular weight excluding hydrogens is 1160 g/mol. The monoisotopic (exact) mass is 1250 g/mol. The zero-order valence-electron chi connectivity index (χ0n) is 52.0. The van der Waals surface area contributed by atoms with E-state index >= 15 is 0 Å². The van der Waals surface area contributed by atoms with Gasteiger partial charge in [0, 0.05) is 17.4 Å². The first-order chi connectivity index (χ1) is 41.6. The van der Waals surface area contributed by atoms with Crippen molar-refractivity contribution in [3.8, 4) is 51.7 Å². The summed E-state index contributed by atoms with van der Waals surface area (Å²) in [5.41, 5.74) is 24.5. The fourth-order valence-corrected chi connectivity index (χ4v) is 7.68. The molecule has 0 fully saturated rings. The van der Waals surface area contributed by atoms with Crippen molar-refractivity contribution in [2.24, 2.45) is 0 Å². The number of phenols is 8. The molecule has 1 aromatic heterocycles. The number of carbonyl (C=O) groups is 1. The highest BCUT2D eigenvalue weighted by molar-refractivity contribution is 7.92. The van der Waals surface area contributed by atoms with Crippen molar-refractivity contribution in [2.75, 3.05) is 27.8 Å². The van der Waals surface area contributed by atoms with E-state index in [0.717, 1.165) is 67.6 Å². The van der Waals surface area contributed by atoms with Crippen LogP contribution in [0.1, 0.15) is 72.6 Å². The summed E-state index contributed by atoms with van der Waals surface area (Å²) in [4.78, 5) is 13.9. The van der Waals surface area contributed by atoms with Gasteiger partial charge in [0.2, 0.25) is 16.4 Å². The van der Waals surface area contributed by atoms with Crippen LogP contribution in [0.25, 0.3) is 0 Å². The molecule has 17 N–H and O–H groups in total. The van der Waals surface area contributed by atoms with E-state index in [4.69, 9.17) is 62.5 Å². The van der Waals surface area contributed by atoms with E-state index in [2.05, 4.69) is 15.0 Å². The first kappa shape index (κ1) is 76.8. The molecule has 1 heterocycles. The Balaban J connectivity index is 0.000000502. The topological polar surface area (TPSA) is 363 Å². The number of aromatic hydroxyl groups is 9. The lowest BCUT2D eigenvalue weighted by Crippen LogP contribution is -2.09. The largest absolute Gasteiger partial charge is 0.508 e.